The van der Waals surface area contributed by atoms with Gasteiger partial charge < -0.3 is 14.8 Å². The van der Waals surface area contributed by atoms with Gasteiger partial charge in [-0.2, -0.15) is 0 Å². The van der Waals surface area contributed by atoms with Crippen LogP contribution in [-0.2, 0) is 11.3 Å². The lowest BCUT2D eigenvalue weighted by molar-refractivity contribution is -0.126. The highest BCUT2D eigenvalue weighted by Gasteiger charge is 2.21. The highest BCUT2D eigenvalue weighted by molar-refractivity contribution is 5.88. The predicted octanol–water partition coefficient (Wildman–Crippen LogP) is 2.48. The van der Waals surface area contributed by atoms with E-state index in [0.29, 0.717) is 11.5 Å². The van der Waals surface area contributed by atoms with E-state index in [9.17, 15) is 9.59 Å². The zero-order valence-electron chi connectivity index (χ0n) is 11.1. The molecule has 19 heavy (non-hydrogen) atoms. The second-order valence-corrected chi connectivity index (χ2v) is 5.04. The number of aryl methyl sites for hydroxylation is 1. The molecule has 0 saturated heterocycles. The highest BCUT2D eigenvalue weighted by atomic mass is 16.4. The number of amides is 1. The van der Waals surface area contributed by atoms with Gasteiger partial charge in [0.2, 0.25) is 5.91 Å². The molecule has 0 aromatic carbocycles. The molecule has 1 amide bonds. The molecule has 5 heteroatoms. The van der Waals surface area contributed by atoms with Crippen LogP contribution in [0.2, 0.25) is 0 Å². The van der Waals surface area contributed by atoms with Crippen molar-refractivity contribution < 1.29 is 19.1 Å². The van der Waals surface area contributed by atoms with E-state index in [1.165, 1.54) is 12.5 Å². The molecule has 2 rings (SSSR count). The average molecular weight is 265 g/mol. The predicted molar refractivity (Wildman–Crippen MR) is 68.8 cm³/mol. The maximum Gasteiger partial charge on any atom is 0.339 e. The van der Waals surface area contributed by atoms with E-state index >= 15 is 0 Å². The lowest BCUT2D eigenvalue weighted by Crippen LogP contribution is -2.31. The molecular formula is C14H19NO4. The number of hydrogen-bond acceptors (Lipinski definition) is 3. The lowest BCUT2D eigenvalue weighted by atomic mass is 9.89. The quantitative estimate of drug-likeness (QED) is 0.876. The van der Waals surface area contributed by atoms with Crippen molar-refractivity contribution in [3.8, 4) is 0 Å². The SMILES string of the molecule is Cc1oc(CNC(=O)C2CCCCC2)cc1C(=O)O. The Morgan fingerprint density at radius 2 is 2.05 bits per heavy atom. The number of nitrogens with one attached hydrogen (secondary N) is 1. The molecule has 0 spiro atoms. The van der Waals surface area contributed by atoms with Crippen LogP contribution in [0.25, 0.3) is 0 Å². The van der Waals surface area contributed by atoms with Crippen molar-refractivity contribution in [3.63, 3.8) is 0 Å². The van der Waals surface area contributed by atoms with Gasteiger partial charge in [-0.1, -0.05) is 19.3 Å². The number of hydrogen-bond donors (Lipinski definition) is 2. The smallest absolute Gasteiger partial charge is 0.339 e. The Bertz CT molecular complexity index is 472. The largest absolute Gasteiger partial charge is 0.478 e. The van der Waals surface area contributed by atoms with Crippen LogP contribution in [0.4, 0.5) is 0 Å². The Labute approximate surface area is 112 Å². The van der Waals surface area contributed by atoms with Gasteiger partial charge >= 0.3 is 5.97 Å². The zero-order valence-corrected chi connectivity index (χ0v) is 11.1. The van der Waals surface area contributed by atoms with Crippen LogP contribution >= 0.6 is 0 Å². The molecule has 5 nitrogen and oxygen atoms in total. The summed E-state index contributed by atoms with van der Waals surface area (Å²) in [6, 6.07) is 1.47. The van der Waals surface area contributed by atoms with Crippen LogP contribution in [-0.4, -0.2) is 17.0 Å². The first kappa shape index (κ1) is 13.6. The number of carbonyl (C=O) groups is 2. The van der Waals surface area contributed by atoms with Gasteiger partial charge in [0.15, 0.2) is 0 Å². The maximum atomic E-state index is 11.9. The summed E-state index contributed by atoms with van der Waals surface area (Å²) in [7, 11) is 0. The summed E-state index contributed by atoms with van der Waals surface area (Å²) in [6.45, 7) is 1.86. The first-order chi connectivity index (χ1) is 9.08. The minimum absolute atomic E-state index is 0.0469. The minimum atomic E-state index is -1.01. The number of aromatic carboxylic acids is 1. The zero-order chi connectivity index (χ0) is 13.8. The van der Waals surface area contributed by atoms with Crippen LogP contribution in [0.5, 0.6) is 0 Å². The summed E-state index contributed by atoms with van der Waals surface area (Å²) in [5.74, 6) is -0.00559. The van der Waals surface area contributed by atoms with Crippen molar-refractivity contribution in [1.82, 2.24) is 5.32 Å². The number of furan rings is 1. The Balaban J connectivity index is 1.89. The maximum absolute atomic E-state index is 11.9. The van der Waals surface area contributed by atoms with E-state index in [1.807, 2.05) is 0 Å². The van der Waals surface area contributed by atoms with Crippen LogP contribution in [0.15, 0.2) is 10.5 Å². The molecule has 1 heterocycles. The van der Waals surface area contributed by atoms with Crippen molar-refractivity contribution in [2.45, 2.75) is 45.6 Å². The fraction of sp³-hybridized carbons (Fsp3) is 0.571. The van der Waals surface area contributed by atoms with Crippen LogP contribution < -0.4 is 5.32 Å². The van der Waals surface area contributed by atoms with Crippen molar-refractivity contribution in [3.05, 3.63) is 23.2 Å². The second-order valence-electron chi connectivity index (χ2n) is 5.04. The topological polar surface area (TPSA) is 79.5 Å². The van der Waals surface area contributed by atoms with Crippen LogP contribution in [0, 0.1) is 12.8 Å². The summed E-state index contributed by atoms with van der Waals surface area (Å²) in [5, 5.41) is 11.7. The molecule has 0 aliphatic heterocycles. The molecule has 1 saturated carbocycles. The van der Waals surface area contributed by atoms with Gasteiger partial charge in [0, 0.05) is 5.92 Å². The third-order valence-electron chi connectivity index (χ3n) is 3.61. The first-order valence-electron chi connectivity index (χ1n) is 6.68. The molecule has 1 aromatic heterocycles. The fourth-order valence-electron chi connectivity index (χ4n) is 2.53. The third-order valence-corrected chi connectivity index (χ3v) is 3.61. The van der Waals surface area contributed by atoms with Gasteiger partial charge in [0.1, 0.15) is 17.1 Å². The molecule has 0 unspecified atom stereocenters. The normalized spacial score (nSPS) is 16.3. The molecule has 1 aromatic rings. The van der Waals surface area contributed by atoms with Gasteiger partial charge in [0.25, 0.3) is 0 Å². The van der Waals surface area contributed by atoms with E-state index in [2.05, 4.69) is 5.32 Å². The van der Waals surface area contributed by atoms with Crippen LogP contribution in [0.1, 0.15) is 54.0 Å². The summed E-state index contributed by atoms with van der Waals surface area (Å²) in [5.41, 5.74) is 0.155. The minimum Gasteiger partial charge on any atom is -0.478 e. The van der Waals surface area contributed by atoms with Crippen molar-refractivity contribution in [2.75, 3.05) is 0 Å². The molecule has 1 fully saturated rings. The van der Waals surface area contributed by atoms with E-state index in [-0.39, 0.29) is 23.9 Å². The first-order valence-corrected chi connectivity index (χ1v) is 6.68. The average Bonchev–Trinajstić information content (AvgIpc) is 2.78. The number of rotatable bonds is 4. The molecule has 0 radical (unpaired) electrons. The lowest BCUT2D eigenvalue weighted by Gasteiger charge is -2.20. The highest BCUT2D eigenvalue weighted by Crippen LogP contribution is 2.23. The third kappa shape index (κ3) is 3.36. The van der Waals surface area contributed by atoms with Gasteiger partial charge in [-0.15, -0.1) is 0 Å². The summed E-state index contributed by atoms with van der Waals surface area (Å²) < 4.78 is 5.32. The van der Waals surface area contributed by atoms with E-state index in [0.717, 1.165) is 25.7 Å². The van der Waals surface area contributed by atoms with Gasteiger partial charge in [-0.25, -0.2) is 4.79 Å². The number of carboxylic acid groups (broad SMARTS) is 1. The molecule has 0 atom stereocenters. The Morgan fingerprint density at radius 3 is 2.63 bits per heavy atom. The molecule has 104 valence electrons. The Morgan fingerprint density at radius 1 is 1.37 bits per heavy atom. The standard InChI is InChI=1S/C14H19NO4/c1-9-12(14(17)18)7-11(19-9)8-15-13(16)10-5-3-2-4-6-10/h7,10H,2-6,8H2,1H3,(H,15,16)(H,17,18). The number of carbonyl (C=O) groups excluding carboxylic acids is 1. The monoisotopic (exact) mass is 265 g/mol. The van der Waals surface area contributed by atoms with E-state index < -0.39 is 5.97 Å². The van der Waals surface area contributed by atoms with Crippen molar-refractivity contribution in [1.29, 1.82) is 0 Å². The number of carboxylic acids is 1. The van der Waals surface area contributed by atoms with Crippen LogP contribution in [0.3, 0.4) is 0 Å². The molecule has 2 N–H and O–H groups in total. The van der Waals surface area contributed by atoms with Gasteiger partial charge in [-0.3, -0.25) is 4.79 Å². The molecular weight excluding hydrogens is 246 g/mol. The molecule has 1 aliphatic rings. The van der Waals surface area contributed by atoms with Crippen molar-refractivity contribution >= 4 is 11.9 Å². The Hall–Kier alpha value is -1.78. The summed E-state index contributed by atoms with van der Waals surface area (Å²) in [4.78, 5) is 22.8. The van der Waals surface area contributed by atoms with Crippen molar-refractivity contribution in [2.24, 2.45) is 5.92 Å². The second kappa shape index (κ2) is 5.91. The fourth-order valence-corrected chi connectivity index (χ4v) is 2.53. The van der Waals surface area contributed by atoms with Gasteiger partial charge in [0.05, 0.1) is 6.54 Å². The van der Waals surface area contributed by atoms with E-state index in [4.69, 9.17) is 9.52 Å². The molecule has 1 aliphatic carbocycles. The molecule has 0 bridgehead atoms. The Kier molecular flexibility index (Phi) is 4.24. The van der Waals surface area contributed by atoms with E-state index in [1.54, 1.807) is 6.92 Å². The summed E-state index contributed by atoms with van der Waals surface area (Å²) in [6.07, 6.45) is 5.33. The summed E-state index contributed by atoms with van der Waals surface area (Å²) >= 11 is 0. The van der Waals surface area contributed by atoms with Gasteiger partial charge in [-0.05, 0) is 25.8 Å².